The van der Waals surface area contributed by atoms with E-state index in [0.717, 1.165) is 35.3 Å². The van der Waals surface area contributed by atoms with Crippen molar-refractivity contribution in [3.63, 3.8) is 0 Å². The average molecular weight is 292 g/mol. The Bertz CT molecular complexity index is 463. The Labute approximate surface area is 128 Å². The number of nitrogens with two attached hydrogens (primary N) is 1. The van der Waals surface area contributed by atoms with E-state index in [1.54, 1.807) is 6.92 Å². The Morgan fingerprint density at radius 1 is 1.29 bits per heavy atom. The predicted molar refractivity (Wildman–Crippen MR) is 86.4 cm³/mol. The van der Waals surface area contributed by atoms with Gasteiger partial charge in [-0.25, -0.2) is 0 Å². The second kappa shape index (κ2) is 8.03. The van der Waals surface area contributed by atoms with Gasteiger partial charge in [-0.15, -0.1) is 0 Å². The Hall–Kier alpha value is -1.55. The number of hydrogen-bond donors (Lipinski definition) is 2. The molecule has 4 nitrogen and oxygen atoms in total. The summed E-state index contributed by atoms with van der Waals surface area (Å²) < 4.78 is 5.86. The van der Waals surface area contributed by atoms with E-state index in [-0.39, 0.29) is 11.9 Å². The molecule has 3 N–H and O–H groups in total. The molecule has 0 aromatic heterocycles. The first-order valence-corrected chi connectivity index (χ1v) is 7.66. The zero-order valence-corrected chi connectivity index (χ0v) is 13.8. The van der Waals surface area contributed by atoms with Crippen LogP contribution in [-0.2, 0) is 11.3 Å². The van der Waals surface area contributed by atoms with Crippen LogP contribution >= 0.6 is 0 Å². The number of ether oxygens (including phenoxy) is 1. The standard InChI is InChI=1S/C17H28N2O2/c1-6-7-13(4)19-17(20)14(5)21-16-11(2)8-15(10-18)9-12(16)3/h8-9,13-14H,6-7,10,18H2,1-5H3,(H,19,20). The van der Waals surface area contributed by atoms with Crippen LogP contribution in [0.25, 0.3) is 0 Å². The molecule has 0 aliphatic carbocycles. The van der Waals surface area contributed by atoms with Crippen LogP contribution in [0, 0.1) is 13.8 Å². The fourth-order valence-corrected chi connectivity index (χ4v) is 2.44. The molecule has 1 amide bonds. The first kappa shape index (κ1) is 17.5. The topological polar surface area (TPSA) is 64.3 Å². The van der Waals surface area contributed by atoms with E-state index in [1.807, 2.05) is 32.9 Å². The molecule has 0 spiro atoms. The summed E-state index contributed by atoms with van der Waals surface area (Å²) in [7, 11) is 0. The molecule has 21 heavy (non-hydrogen) atoms. The normalized spacial score (nSPS) is 13.6. The predicted octanol–water partition coefficient (Wildman–Crippen LogP) is 2.83. The van der Waals surface area contributed by atoms with Gasteiger partial charge >= 0.3 is 0 Å². The number of benzene rings is 1. The molecular weight excluding hydrogens is 264 g/mol. The van der Waals surface area contributed by atoms with Crippen LogP contribution in [0.4, 0.5) is 0 Å². The highest BCUT2D eigenvalue weighted by molar-refractivity contribution is 5.81. The van der Waals surface area contributed by atoms with Gasteiger partial charge in [-0.3, -0.25) is 4.79 Å². The first-order valence-electron chi connectivity index (χ1n) is 7.66. The van der Waals surface area contributed by atoms with E-state index < -0.39 is 6.10 Å². The molecule has 118 valence electrons. The lowest BCUT2D eigenvalue weighted by atomic mass is 10.1. The largest absolute Gasteiger partial charge is 0.480 e. The molecule has 0 saturated carbocycles. The fraction of sp³-hybridized carbons (Fsp3) is 0.588. The maximum atomic E-state index is 12.1. The lowest BCUT2D eigenvalue weighted by Crippen LogP contribution is -2.41. The number of carbonyl (C=O) groups is 1. The molecule has 0 heterocycles. The fourth-order valence-electron chi connectivity index (χ4n) is 2.44. The molecule has 4 heteroatoms. The lowest BCUT2D eigenvalue weighted by molar-refractivity contribution is -0.127. The molecule has 0 aliphatic rings. The minimum absolute atomic E-state index is 0.0716. The van der Waals surface area contributed by atoms with Crippen molar-refractivity contribution in [2.75, 3.05) is 0 Å². The molecule has 1 aromatic rings. The second-order valence-corrected chi connectivity index (χ2v) is 5.72. The van der Waals surface area contributed by atoms with Gasteiger partial charge in [-0.1, -0.05) is 25.5 Å². The third kappa shape index (κ3) is 5.05. The van der Waals surface area contributed by atoms with Gasteiger partial charge in [-0.2, -0.15) is 0 Å². The molecule has 0 aliphatic heterocycles. The van der Waals surface area contributed by atoms with E-state index in [0.29, 0.717) is 6.54 Å². The van der Waals surface area contributed by atoms with E-state index >= 15 is 0 Å². The van der Waals surface area contributed by atoms with Gasteiger partial charge in [-0.05, 0) is 50.8 Å². The van der Waals surface area contributed by atoms with Crippen LogP contribution in [0.5, 0.6) is 5.75 Å². The molecule has 1 rings (SSSR count). The molecule has 0 radical (unpaired) electrons. The summed E-state index contributed by atoms with van der Waals surface area (Å²) in [6, 6.07) is 4.19. The van der Waals surface area contributed by atoms with E-state index in [2.05, 4.69) is 12.2 Å². The van der Waals surface area contributed by atoms with E-state index in [9.17, 15) is 4.79 Å². The van der Waals surface area contributed by atoms with Crippen molar-refractivity contribution in [2.45, 2.75) is 66.2 Å². The monoisotopic (exact) mass is 292 g/mol. The summed E-state index contributed by atoms with van der Waals surface area (Å²) >= 11 is 0. The van der Waals surface area contributed by atoms with Gasteiger partial charge in [0.05, 0.1) is 0 Å². The maximum Gasteiger partial charge on any atom is 0.260 e. The lowest BCUT2D eigenvalue weighted by Gasteiger charge is -2.21. The number of rotatable bonds is 7. The number of amides is 1. The Morgan fingerprint density at radius 3 is 2.33 bits per heavy atom. The highest BCUT2D eigenvalue weighted by atomic mass is 16.5. The summed E-state index contributed by atoms with van der Waals surface area (Å²) in [6.07, 6.45) is 1.52. The van der Waals surface area contributed by atoms with Crippen LogP contribution in [0.1, 0.15) is 50.3 Å². The zero-order valence-electron chi connectivity index (χ0n) is 13.8. The molecule has 0 bridgehead atoms. The number of carbonyl (C=O) groups excluding carboxylic acids is 1. The van der Waals surface area contributed by atoms with Gasteiger partial charge < -0.3 is 15.8 Å². The van der Waals surface area contributed by atoms with Crippen LogP contribution in [-0.4, -0.2) is 18.1 Å². The highest BCUT2D eigenvalue weighted by Gasteiger charge is 2.18. The number of nitrogens with one attached hydrogen (secondary N) is 1. The SMILES string of the molecule is CCCC(C)NC(=O)C(C)Oc1c(C)cc(CN)cc1C. The molecule has 2 unspecified atom stereocenters. The molecule has 0 fully saturated rings. The van der Waals surface area contributed by atoms with Gasteiger partial charge in [0.2, 0.25) is 0 Å². The van der Waals surface area contributed by atoms with Crippen molar-refractivity contribution in [3.8, 4) is 5.75 Å². The summed E-state index contributed by atoms with van der Waals surface area (Å²) in [5.41, 5.74) is 8.76. The number of hydrogen-bond acceptors (Lipinski definition) is 3. The summed E-state index contributed by atoms with van der Waals surface area (Å²) in [5.74, 6) is 0.704. The Morgan fingerprint density at radius 2 is 1.86 bits per heavy atom. The quantitative estimate of drug-likeness (QED) is 0.812. The van der Waals surface area contributed by atoms with Crippen molar-refractivity contribution in [1.82, 2.24) is 5.32 Å². The van der Waals surface area contributed by atoms with E-state index in [4.69, 9.17) is 10.5 Å². The Balaban J connectivity index is 2.74. The third-order valence-electron chi connectivity index (χ3n) is 3.53. The van der Waals surface area contributed by atoms with Gasteiger partial charge in [0.15, 0.2) is 6.10 Å². The Kier molecular flexibility index (Phi) is 6.69. The minimum atomic E-state index is -0.509. The van der Waals surface area contributed by atoms with Gasteiger partial charge in [0, 0.05) is 12.6 Å². The minimum Gasteiger partial charge on any atom is -0.480 e. The van der Waals surface area contributed by atoms with Crippen molar-refractivity contribution >= 4 is 5.91 Å². The van der Waals surface area contributed by atoms with Crippen LogP contribution in [0.2, 0.25) is 0 Å². The summed E-state index contributed by atoms with van der Waals surface area (Å²) in [4.78, 5) is 12.1. The molecule has 1 aromatic carbocycles. The van der Waals surface area contributed by atoms with Gasteiger partial charge in [0.25, 0.3) is 5.91 Å². The molecular formula is C17H28N2O2. The van der Waals surface area contributed by atoms with Crippen molar-refractivity contribution < 1.29 is 9.53 Å². The molecule has 0 saturated heterocycles. The van der Waals surface area contributed by atoms with Crippen molar-refractivity contribution in [1.29, 1.82) is 0 Å². The smallest absolute Gasteiger partial charge is 0.260 e. The third-order valence-corrected chi connectivity index (χ3v) is 3.53. The summed E-state index contributed by atoms with van der Waals surface area (Å²) in [6.45, 7) is 10.4. The first-order chi connectivity index (χ1) is 9.88. The van der Waals surface area contributed by atoms with Gasteiger partial charge in [0.1, 0.15) is 5.75 Å². The van der Waals surface area contributed by atoms with Crippen LogP contribution in [0.3, 0.4) is 0 Å². The zero-order chi connectivity index (χ0) is 16.0. The van der Waals surface area contributed by atoms with Crippen LogP contribution in [0.15, 0.2) is 12.1 Å². The van der Waals surface area contributed by atoms with Crippen molar-refractivity contribution in [3.05, 3.63) is 28.8 Å². The molecule has 2 atom stereocenters. The number of aryl methyl sites for hydroxylation is 2. The summed E-state index contributed by atoms with van der Waals surface area (Å²) in [5, 5.41) is 2.98. The maximum absolute atomic E-state index is 12.1. The second-order valence-electron chi connectivity index (χ2n) is 5.72. The van der Waals surface area contributed by atoms with Crippen LogP contribution < -0.4 is 15.8 Å². The average Bonchev–Trinajstić information content (AvgIpc) is 2.42. The highest BCUT2D eigenvalue weighted by Crippen LogP contribution is 2.25. The van der Waals surface area contributed by atoms with E-state index in [1.165, 1.54) is 0 Å². The van der Waals surface area contributed by atoms with Crippen molar-refractivity contribution in [2.24, 2.45) is 5.73 Å².